The molecule has 4 aromatic carbocycles. The van der Waals surface area contributed by atoms with E-state index in [0.717, 1.165) is 72.2 Å². The molecule has 2 aliphatic rings. The van der Waals surface area contributed by atoms with Gasteiger partial charge < -0.3 is 23.6 Å². The van der Waals surface area contributed by atoms with Gasteiger partial charge in [0.25, 0.3) is 0 Å². The lowest BCUT2D eigenvalue weighted by molar-refractivity contribution is -0.00875. The minimum atomic E-state index is -0.670. The highest BCUT2D eigenvalue weighted by molar-refractivity contribution is 6.62. The Hall–Kier alpha value is -5.58. The molecule has 0 radical (unpaired) electrons. The Morgan fingerprint density at radius 3 is 2.03 bits per heavy atom. The highest BCUT2D eigenvalue weighted by atomic mass is 16.7. The van der Waals surface area contributed by atoms with Gasteiger partial charge in [0.2, 0.25) is 0 Å². The van der Waals surface area contributed by atoms with E-state index in [-0.39, 0.29) is 0 Å². The summed E-state index contributed by atoms with van der Waals surface area (Å²) < 4.78 is 28.9. The average molecular weight is 766 g/mol. The lowest BCUT2D eigenvalue weighted by Gasteiger charge is -2.36. The SMILES string of the molecule is CC1(C)OB(c2ccc3c(c2)c(-c2ccccc2)c(-c2ccccc2)n2c4cc(CC5(C)OB(c6cnc(-c7ccccn7)[nH]6)OC5(C)C)ccc4nc32)OC1(C)C. The van der Waals surface area contributed by atoms with Crippen LogP contribution in [0.3, 0.4) is 0 Å². The number of nitrogens with one attached hydrogen (secondary N) is 1. The van der Waals surface area contributed by atoms with E-state index in [1.165, 1.54) is 0 Å². The van der Waals surface area contributed by atoms with Gasteiger partial charge in [0.1, 0.15) is 11.3 Å². The first-order chi connectivity index (χ1) is 27.8. The molecule has 10 rings (SSSR count). The number of benzene rings is 4. The fourth-order valence-electron chi connectivity index (χ4n) is 8.39. The summed E-state index contributed by atoms with van der Waals surface area (Å²) in [5, 5.41) is 2.13. The van der Waals surface area contributed by atoms with Gasteiger partial charge in [-0.1, -0.05) is 91.0 Å². The summed E-state index contributed by atoms with van der Waals surface area (Å²) in [5.74, 6) is 0.674. The number of imidazole rings is 2. The van der Waals surface area contributed by atoms with Crippen molar-refractivity contribution >= 4 is 52.7 Å². The minimum absolute atomic E-state index is 0.460. The van der Waals surface area contributed by atoms with Crippen molar-refractivity contribution in [1.82, 2.24) is 24.3 Å². The fourth-order valence-corrected chi connectivity index (χ4v) is 8.39. The van der Waals surface area contributed by atoms with Gasteiger partial charge in [0, 0.05) is 29.8 Å². The molecule has 2 aliphatic heterocycles. The summed E-state index contributed by atoms with van der Waals surface area (Å²) in [6.07, 6.45) is 4.14. The first-order valence-electron chi connectivity index (χ1n) is 20.0. The molecular formula is C47H45B2N5O4. The summed E-state index contributed by atoms with van der Waals surface area (Å²) in [4.78, 5) is 17.8. The lowest BCUT2D eigenvalue weighted by atomic mass is 9.77. The molecule has 4 aromatic heterocycles. The fraction of sp³-hybridized carbons (Fsp3) is 0.255. The number of aromatic amines is 1. The Morgan fingerprint density at radius 1 is 0.638 bits per heavy atom. The third kappa shape index (κ3) is 5.90. The molecule has 9 nitrogen and oxygen atoms in total. The van der Waals surface area contributed by atoms with Crippen molar-refractivity contribution in [1.29, 1.82) is 0 Å². The van der Waals surface area contributed by atoms with Gasteiger partial charge in [0.15, 0.2) is 5.82 Å². The molecular weight excluding hydrogens is 720 g/mol. The molecule has 0 amide bonds. The van der Waals surface area contributed by atoms with E-state index in [1.54, 1.807) is 12.4 Å². The Morgan fingerprint density at radius 2 is 1.33 bits per heavy atom. The van der Waals surface area contributed by atoms with Gasteiger partial charge in [-0.2, -0.15) is 0 Å². The zero-order valence-electron chi connectivity index (χ0n) is 33.9. The van der Waals surface area contributed by atoms with Crippen LogP contribution >= 0.6 is 0 Å². The van der Waals surface area contributed by atoms with Crippen LogP contribution < -0.4 is 11.1 Å². The summed E-state index contributed by atoms with van der Waals surface area (Å²) in [6, 6.07) is 40.2. The molecule has 6 heterocycles. The van der Waals surface area contributed by atoms with Gasteiger partial charge >= 0.3 is 14.2 Å². The van der Waals surface area contributed by atoms with Gasteiger partial charge in [-0.05, 0) is 100 Å². The largest absolute Gasteiger partial charge is 0.513 e. The molecule has 8 aromatic rings. The van der Waals surface area contributed by atoms with Crippen molar-refractivity contribution in [2.75, 3.05) is 0 Å². The number of aromatic nitrogens is 5. The second kappa shape index (κ2) is 13.2. The number of nitrogens with zero attached hydrogens (tertiary/aromatic N) is 4. The Labute approximate surface area is 339 Å². The number of rotatable bonds is 7. The van der Waals surface area contributed by atoms with Crippen LogP contribution in [-0.2, 0) is 25.0 Å². The third-order valence-electron chi connectivity index (χ3n) is 12.7. The van der Waals surface area contributed by atoms with Crippen molar-refractivity contribution in [3.63, 3.8) is 0 Å². The van der Waals surface area contributed by atoms with Crippen LogP contribution in [-0.4, -0.2) is 61.0 Å². The first-order valence-corrected chi connectivity index (χ1v) is 20.0. The molecule has 2 fully saturated rings. The molecule has 1 N–H and O–H groups in total. The number of H-pyrrole nitrogens is 1. The second-order valence-electron chi connectivity index (χ2n) is 17.3. The van der Waals surface area contributed by atoms with Crippen molar-refractivity contribution in [2.24, 2.45) is 0 Å². The van der Waals surface area contributed by atoms with Crippen LogP contribution in [0.2, 0.25) is 0 Å². The van der Waals surface area contributed by atoms with Crippen LogP contribution in [0.4, 0.5) is 0 Å². The van der Waals surface area contributed by atoms with Crippen LogP contribution in [0, 0.1) is 0 Å². The first kappa shape index (κ1) is 36.7. The molecule has 0 saturated carbocycles. The van der Waals surface area contributed by atoms with Crippen LogP contribution in [0.1, 0.15) is 54.0 Å². The van der Waals surface area contributed by atoms with Gasteiger partial charge in [-0.3, -0.25) is 9.38 Å². The number of pyridine rings is 2. The average Bonchev–Trinajstić information content (AvgIpc) is 3.96. The molecule has 2 saturated heterocycles. The van der Waals surface area contributed by atoms with E-state index < -0.39 is 36.6 Å². The third-order valence-corrected chi connectivity index (χ3v) is 12.7. The highest BCUT2D eigenvalue weighted by Gasteiger charge is 2.55. The topological polar surface area (TPSA) is 95.8 Å². The zero-order chi connectivity index (χ0) is 40.0. The maximum atomic E-state index is 6.83. The van der Waals surface area contributed by atoms with Crippen LogP contribution in [0.25, 0.3) is 61.4 Å². The van der Waals surface area contributed by atoms with Crippen LogP contribution in [0.5, 0.6) is 0 Å². The Kier molecular flexibility index (Phi) is 8.38. The normalized spacial score (nSPS) is 19.8. The van der Waals surface area contributed by atoms with Gasteiger partial charge in [-0.25, -0.2) is 9.97 Å². The second-order valence-corrected chi connectivity index (χ2v) is 17.3. The van der Waals surface area contributed by atoms with Crippen LogP contribution in [0.15, 0.2) is 128 Å². The number of fused-ring (bicyclic) bond motifs is 5. The maximum Gasteiger partial charge on any atom is 0.513 e. The summed E-state index contributed by atoms with van der Waals surface area (Å²) in [7, 11) is -1.12. The predicted molar refractivity (Wildman–Crippen MR) is 232 cm³/mol. The van der Waals surface area contributed by atoms with Crippen molar-refractivity contribution < 1.29 is 18.6 Å². The molecule has 0 aliphatic carbocycles. The van der Waals surface area contributed by atoms with E-state index >= 15 is 0 Å². The quantitative estimate of drug-likeness (QED) is 0.163. The molecule has 58 heavy (non-hydrogen) atoms. The monoisotopic (exact) mass is 765 g/mol. The molecule has 1 unspecified atom stereocenters. The maximum absolute atomic E-state index is 6.83. The van der Waals surface area contributed by atoms with Gasteiger partial charge in [0.05, 0.1) is 44.7 Å². The molecule has 11 heteroatoms. The summed E-state index contributed by atoms with van der Waals surface area (Å²) in [6.45, 7) is 14.7. The van der Waals surface area contributed by atoms with Crippen molar-refractivity contribution in [2.45, 2.75) is 77.3 Å². The van der Waals surface area contributed by atoms with Crippen molar-refractivity contribution in [3.8, 4) is 33.9 Å². The molecule has 0 bridgehead atoms. The standard InChI is InChI=1S/C47H45B2N5O4/c1-44(2)45(3,4)56-48(55-44)33-22-23-34-35(27-33)40(31-16-10-8-11-17-31)41(32-18-12-9-13-19-32)54-38-26-30(21-24-36(38)52-43(34)54)28-47(7)46(5,6)57-49(58-47)39-29-51-42(53-39)37-20-14-15-25-50-37/h8-27,29H,28H2,1-7H3,(H,51,53). The van der Waals surface area contributed by atoms with E-state index in [0.29, 0.717) is 12.2 Å². The van der Waals surface area contributed by atoms with E-state index in [4.69, 9.17) is 23.6 Å². The molecule has 0 spiro atoms. The van der Waals surface area contributed by atoms with E-state index in [9.17, 15) is 0 Å². The predicted octanol–water partition coefficient (Wildman–Crippen LogP) is 8.58. The Balaban J connectivity index is 1.12. The minimum Gasteiger partial charge on any atom is -0.399 e. The lowest BCUT2D eigenvalue weighted by Crippen LogP contribution is -2.46. The smallest absolute Gasteiger partial charge is 0.399 e. The number of hydrogen-bond donors (Lipinski definition) is 1. The van der Waals surface area contributed by atoms with E-state index in [2.05, 4.69) is 165 Å². The Bertz CT molecular complexity index is 2830. The van der Waals surface area contributed by atoms with Crippen molar-refractivity contribution in [3.05, 3.63) is 133 Å². The highest BCUT2D eigenvalue weighted by Crippen LogP contribution is 2.44. The number of hydrogen-bond acceptors (Lipinski definition) is 7. The zero-order valence-corrected chi connectivity index (χ0v) is 33.9. The summed E-state index contributed by atoms with van der Waals surface area (Å²) in [5.41, 5.74) is 8.59. The van der Waals surface area contributed by atoms with E-state index in [1.807, 2.05) is 18.2 Å². The molecule has 288 valence electrons. The van der Waals surface area contributed by atoms with Gasteiger partial charge in [-0.15, -0.1) is 0 Å². The molecule has 1 atom stereocenters. The summed E-state index contributed by atoms with van der Waals surface area (Å²) >= 11 is 0.